The minimum absolute atomic E-state index is 0.101. The second kappa shape index (κ2) is 11.9. The summed E-state index contributed by atoms with van der Waals surface area (Å²) in [6.45, 7) is 10.3. The van der Waals surface area contributed by atoms with Crippen LogP contribution in [0.1, 0.15) is 73.9 Å². The number of nitrogens with two attached hydrogens (primary N) is 1. The second-order valence-electron chi connectivity index (χ2n) is 14.7. The minimum Gasteiger partial charge on any atom is -0.395 e. The number of benzene rings is 3. The van der Waals surface area contributed by atoms with Crippen molar-refractivity contribution >= 4 is 41.8 Å². The predicted molar refractivity (Wildman–Crippen MR) is 190 cm³/mol. The average molecular weight is 695 g/mol. The van der Waals surface area contributed by atoms with Gasteiger partial charge in [0.1, 0.15) is 34.3 Å². The number of hydrogen-bond acceptors (Lipinski definition) is 7. The molecule has 1 saturated carbocycles. The van der Waals surface area contributed by atoms with Crippen LogP contribution in [0, 0.1) is 17.6 Å². The molecule has 1 unspecified atom stereocenters. The normalized spacial score (nSPS) is 19.0. The van der Waals surface area contributed by atoms with Crippen LogP contribution in [0.25, 0.3) is 5.65 Å². The first kappa shape index (κ1) is 33.7. The van der Waals surface area contributed by atoms with Gasteiger partial charge in [-0.2, -0.15) is 5.10 Å². The van der Waals surface area contributed by atoms with Gasteiger partial charge in [-0.3, -0.25) is 15.0 Å². The van der Waals surface area contributed by atoms with Crippen LogP contribution in [0.5, 0.6) is 0 Å². The van der Waals surface area contributed by atoms with Crippen molar-refractivity contribution < 1.29 is 22.8 Å². The number of Topliss-reactive ketones (excluding diaryl/α,β-unsaturated/α-hetero) is 1. The van der Waals surface area contributed by atoms with Gasteiger partial charge in [0.05, 0.1) is 5.54 Å². The number of nitrogens with zero attached hydrogens (tertiary/aromatic N) is 4. The number of aromatic nitrogens is 3. The Labute approximate surface area is 290 Å². The Kier molecular flexibility index (Phi) is 8.04. The van der Waals surface area contributed by atoms with Crippen molar-refractivity contribution in [3.8, 4) is 0 Å². The van der Waals surface area contributed by atoms with Gasteiger partial charge in [-0.25, -0.2) is 24.1 Å². The molecule has 1 saturated heterocycles. The van der Waals surface area contributed by atoms with Crippen molar-refractivity contribution in [1.29, 1.82) is 0 Å². The van der Waals surface area contributed by atoms with Crippen molar-refractivity contribution in [3.63, 3.8) is 0 Å². The zero-order valence-corrected chi connectivity index (χ0v) is 29.7. The van der Waals surface area contributed by atoms with Gasteiger partial charge in [-0.1, -0.05) is 81.4 Å². The van der Waals surface area contributed by atoms with Gasteiger partial charge >= 0.3 is 0 Å². The molecule has 2 aromatic heterocycles. The number of nitrogen functional groups attached to an aromatic ring is 1. The maximum absolute atomic E-state index is 15.1. The number of carbonyl (C=O) groups excluding carboxylic acids is 2. The first-order valence-electron chi connectivity index (χ1n) is 16.7. The quantitative estimate of drug-likeness (QED) is 0.0710. The molecule has 1 amide bonds. The number of hydrogen-bond donors (Lipinski definition) is 2. The highest BCUT2D eigenvalue weighted by molar-refractivity contribution is 6.99. The van der Waals surface area contributed by atoms with Gasteiger partial charge in [-0.15, -0.1) is 0 Å². The summed E-state index contributed by atoms with van der Waals surface area (Å²) in [4.78, 5) is 35.0. The van der Waals surface area contributed by atoms with Gasteiger partial charge in [0, 0.05) is 18.3 Å². The highest BCUT2D eigenvalue weighted by Crippen LogP contribution is 2.63. The van der Waals surface area contributed by atoms with Crippen LogP contribution in [0.4, 0.5) is 14.6 Å². The molecule has 3 aromatic carbocycles. The molecule has 7 rings (SSSR count). The predicted octanol–water partition coefficient (Wildman–Crippen LogP) is 5.27. The molecule has 2 fully saturated rings. The second-order valence-corrected chi connectivity index (χ2v) is 19.0. The maximum atomic E-state index is 15.1. The average Bonchev–Trinajstić information content (AvgIpc) is 3.51. The zero-order chi connectivity index (χ0) is 35.6. The highest BCUT2D eigenvalue weighted by atomic mass is 28.4. The third-order valence-electron chi connectivity index (χ3n) is 10.3. The monoisotopic (exact) mass is 694 g/mol. The number of anilines is 1. The summed E-state index contributed by atoms with van der Waals surface area (Å²) in [7, 11) is -3.21. The molecule has 0 spiro atoms. The summed E-state index contributed by atoms with van der Waals surface area (Å²) in [5.41, 5.74) is 0.0911. The number of fused-ring (bicyclic) bond motifs is 2. The summed E-state index contributed by atoms with van der Waals surface area (Å²) >= 11 is 0. The summed E-state index contributed by atoms with van der Waals surface area (Å²) in [6, 6.07) is 25.2. The highest BCUT2D eigenvalue weighted by Gasteiger charge is 2.64. The van der Waals surface area contributed by atoms with Crippen LogP contribution in [-0.2, 0) is 9.96 Å². The lowest BCUT2D eigenvalue weighted by Gasteiger charge is -2.47. The van der Waals surface area contributed by atoms with E-state index in [4.69, 9.17) is 15.3 Å². The SMILES string of the molecule is CC(C)(O[Si](c1ccccc1)(c1ccccc1)C(C)(C)C)C(=O)c1nn2ccc(N3CCC4C[C@]43c3cc(F)ccc3F)nc2c1C(=O)NN. The topological polar surface area (TPSA) is 115 Å². The Bertz CT molecular complexity index is 2080. The van der Waals surface area contributed by atoms with Gasteiger partial charge < -0.3 is 9.33 Å². The van der Waals surface area contributed by atoms with Crippen LogP contribution in [-0.4, -0.2) is 46.8 Å². The third-order valence-corrected chi connectivity index (χ3v) is 15.6. The smallest absolute Gasteiger partial charge is 0.271 e. The number of carbonyl (C=O) groups is 2. The fraction of sp³-hybridized carbons (Fsp3) is 0.316. The zero-order valence-electron chi connectivity index (χ0n) is 28.7. The third kappa shape index (κ3) is 5.16. The minimum atomic E-state index is -3.21. The molecule has 3 heterocycles. The lowest BCUT2D eigenvalue weighted by Crippen LogP contribution is -2.69. The van der Waals surface area contributed by atoms with E-state index in [0.29, 0.717) is 18.8 Å². The number of piperidine rings is 1. The largest absolute Gasteiger partial charge is 0.395 e. The molecule has 1 aliphatic heterocycles. The van der Waals surface area contributed by atoms with Crippen molar-refractivity contribution in [3.05, 3.63) is 120 Å². The first-order chi connectivity index (χ1) is 23.7. The Balaban J connectivity index is 1.33. The Morgan fingerprint density at radius 2 is 1.60 bits per heavy atom. The number of rotatable bonds is 9. The summed E-state index contributed by atoms with van der Waals surface area (Å²) in [5.74, 6) is 4.00. The number of ketones is 1. The lowest BCUT2D eigenvalue weighted by molar-refractivity contribution is 0.0540. The number of hydrazine groups is 1. The first-order valence-corrected chi connectivity index (χ1v) is 18.6. The Morgan fingerprint density at radius 3 is 2.18 bits per heavy atom. The van der Waals surface area contributed by atoms with Gasteiger partial charge in [0.2, 0.25) is 5.78 Å². The number of nitrogens with one attached hydrogen (secondary N) is 1. The summed E-state index contributed by atoms with van der Waals surface area (Å²) < 4.78 is 38.1. The summed E-state index contributed by atoms with van der Waals surface area (Å²) in [5, 5.41) is 6.14. The van der Waals surface area contributed by atoms with Crippen LogP contribution in [0.2, 0.25) is 5.04 Å². The van der Waals surface area contributed by atoms with Gasteiger partial charge in [0.15, 0.2) is 5.65 Å². The van der Waals surface area contributed by atoms with Gasteiger partial charge in [-0.05, 0) is 72.3 Å². The van der Waals surface area contributed by atoms with Gasteiger partial charge in [0.25, 0.3) is 14.2 Å². The fourth-order valence-electron chi connectivity index (χ4n) is 7.97. The van der Waals surface area contributed by atoms with E-state index in [1.165, 1.54) is 10.6 Å². The molecule has 0 radical (unpaired) electrons. The van der Waals surface area contributed by atoms with E-state index >= 15 is 4.39 Å². The van der Waals surface area contributed by atoms with E-state index in [1.807, 2.05) is 65.6 Å². The molecule has 0 bridgehead atoms. The van der Waals surface area contributed by atoms with Crippen molar-refractivity contribution in [2.75, 3.05) is 11.4 Å². The molecule has 1 aliphatic carbocycles. The Morgan fingerprint density at radius 1 is 0.960 bits per heavy atom. The maximum Gasteiger partial charge on any atom is 0.271 e. The standard InChI is InChI=1S/C38H40F2N6O3Si/c1-36(2,3)50(26-12-8-6-9-13-26,27-14-10-7-11-15-27)49-37(4,5)33(47)32-31(35(48)43-41)34-42-30(19-21-46(34)44-32)45-20-18-24-23-38(24,45)28-22-25(39)16-17-29(28)40/h6-17,19,21-22,24H,18,20,23,41H2,1-5H3,(H,43,48)/t24?,38-/m1/s1. The molecule has 5 aromatic rings. The molecule has 258 valence electrons. The molecule has 50 heavy (non-hydrogen) atoms. The number of amides is 1. The lowest BCUT2D eigenvalue weighted by atomic mass is 9.98. The van der Waals surface area contributed by atoms with Crippen LogP contribution in [0.3, 0.4) is 0 Å². The van der Waals surface area contributed by atoms with Crippen LogP contribution >= 0.6 is 0 Å². The van der Waals surface area contributed by atoms with E-state index in [0.717, 1.165) is 28.9 Å². The molecule has 3 N–H and O–H groups in total. The fourth-order valence-corrected chi connectivity index (χ4v) is 12.8. The van der Waals surface area contributed by atoms with Crippen LogP contribution < -0.4 is 26.5 Å². The Hall–Kier alpha value is -4.78. The molecule has 12 heteroatoms. The molecular formula is C38H40F2N6O3Si. The molecule has 2 aliphatic rings. The van der Waals surface area contributed by atoms with E-state index in [9.17, 15) is 14.0 Å². The van der Waals surface area contributed by atoms with E-state index in [1.54, 1.807) is 26.1 Å². The summed E-state index contributed by atoms with van der Waals surface area (Å²) in [6.07, 6.45) is 3.03. The molecule has 9 nitrogen and oxygen atoms in total. The van der Waals surface area contributed by atoms with Crippen molar-refractivity contribution in [2.24, 2.45) is 11.8 Å². The number of halogens is 2. The van der Waals surface area contributed by atoms with E-state index in [-0.39, 0.29) is 28.4 Å². The molecular weight excluding hydrogens is 655 g/mol. The van der Waals surface area contributed by atoms with Crippen molar-refractivity contribution in [2.45, 2.75) is 63.6 Å². The van der Waals surface area contributed by atoms with Crippen LogP contribution in [0.15, 0.2) is 91.1 Å². The van der Waals surface area contributed by atoms with E-state index < -0.39 is 47.8 Å². The molecule has 2 atom stereocenters. The van der Waals surface area contributed by atoms with Crippen molar-refractivity contribution in [1.82, 2.24) is 20.0 Å². The van der Waals surface area contributed by atoms with E-state index in [2.05, 4.69) is 31.3 Å².